The smallest absolute Gasteiger partial charge is 0.233 e. The molecule has 5 heteroatoms. The topological polar surface area (TPSA) is 62.0 Å². The highest BCUT2D eigenvalue weighted by Gasteiger charge is 2.25. The van der Waals surface area contributed by atoms with Crippen LogP contribution in [0.4, 0.5) is 0 Å². The summed E-state index contributed by atoms with van der Waals surface area (Å²) in [5, 5.41) is 2.46. The molecule has 1 aromatic heterocycles. The molecule has 26 heavy (non-hydrogen) atoms. The van der Waals surface area contributed by atoms with E-state index in [1.807, 2.05) is 13.1 Å². The third-order valence-corrected chi connectivity index (χ3v) is 5.97. The van der Waals surface area contributed by atoms with Crippen molar-refractivity contribution in [2.24, 2.45) is 0 Å². The van der Waals surface area contributed by atoms with Gasteiger partial charge in [-0.05, 0) is 84.2 Å². The van der Waals surface area contributed by atoms with Gasteiger partial charge in [-0.1, -0.05) is 18.2 Å². The zero-order valence-corrected chi connectivity index (χ0v) is 15.7. The number of aromatic nitrogens is 1. The van der Waals surface area contributed by atoms with Crippen LogP contribution in [0.15, 0.2) is 48.0 Å². The number of aryl methyl sites for hydroxylation is 2. The van der Waals surface area contributed by atoms with Crippen molar-refractivity contribution in [3.8, 4) is 11.1 Å². The molecule has 4 nitrogen and oxygen atoms in total. The van der Waals surface area contributed by atoms with Crippen molar-refractivity contribution in [2.75, 3.05) is 0 Å². The first-order valence-corrected chi connectivity index (χ1v) is 10.4. The summed E-state index contributed by atoms with van der Waals surface area (Å²) in [6, 6.07) is 12.7. The molecule has 0 aliphatic heterocycles. The van der Waals surface area contributed by atoms with Gasteiger partial charge in [-0.25, -0.2) is 13.1 Å². The maximum absolute atomic E-state index is 12.0. The fourth-order valence-corrected chi connectivity index (χ4v) is 4.29. The molecular weight excluding hydrogens is 344 g/mol. The summed E-state index contributed by atoms with van der Waals surface area (Å²) in [5.74, 6) is 0. The quantitative estimate of drug-likeness (QED) is 0.698. The van der Waals surface area contributed by atoms with E-state index in [0.29, 0.717) is 0 Å². The molecule has 0 saturated heterocycles. The van der Waals surface area contributed by atoms with Crippen LogP contribution in [-0.4, -0.2) is 19.4 Å². The van der Waals surface area contributed by atoms with E-state index >= 15 is 0 Å². The Hall–Kier alpha value is -2.37. The lowest BCUT2D eigenvalue weighted by molar-refractivity contribution is 0.590. The van der Waals surface area contributed by atoms with Crippen LogP contribution in [-0.2, 0) is 10.0 Å². The Labute approximate surface area is 154 Å². The summed E-state index contributed by atoms with van der Waals surface area (Å²) >= 11 is 0. The van der Waals surface area contributed by atoms with Crippen molar-refractivity contribution in [1.29, 1.82) is 0 Å². The third-order valence-electron chi connectivity index (χ3n) is 4.81. The Bertz CT molecular complexity index is 1110. The minimum Gasteiger partial charge on any atom is -0.361 e. The van der Waals surface area contributed by atoms with E-state index in [4.69, 9.17) is 0 Å². The zero-order valence-electron chi connectivity index (χ0n) is 14.9. The second-order valence-electron chi connectivity index (χ2n) is 7.04. The second kappa shape index (κ2) is 6.41. The molecule has 2 aromatic carbocycles. The van der Waals surface area contributed by atoms with Crippen molar-refractivity contribution in [2.45, 2.75) is 32.7 Å². The van der Waals surface area contributed by atoms with Gasteiger partial charge in [0, 0.05) is 23.2 Å². The molecule has 0 atom stereocenters. The average molecular weight is 366 g/mol. The zero-order chi connectivity index (χ0) is 18.3. The molecule has 2 N–H and O–H groups in total. The van der Waals surface area contributed by atoms with Crippen molar-refractivity contribution >= 4 is 27.0 Å². The van der Waals surface area contributed by atoms with Crippen LogP contribution >= 0.6 is 0 Å². The second-order valence-corrected chi connectivity index (χ2v) is 8.64. The van der Waals surface area contributed by atoms with E-state index in [9.17, 15) is 8.42 Å². The van der Waals surface area contributed by atoms with Gasteiger partial charge in [-0.2, -0.15) is 0 Å². The van der Waals surface area contributed by atoms with E-state index in [2.05, 4.69) is 53.0 Å². The van der Waals surface area contributed by atoms with Gasteiger partial charge in [-0.3, -0.25) is 0 Å². The molecule has 4 rings (SSSR count). The predicted octanol–water partition coefficient (Wildman–Crippen LogP) is 4.50. The molecule has 0 bridgehead atoms. The lowest BCUT2D eigenvalue weighted by Crippen LogP contribution is -2.23. The Morgan fingerprint density at radius 1 is 1.08 bits per heavy atom. The number of fused-ring (bicyclic) bond motifs is 1. The predicted molar refractivity (Wildman–Crippen MR) is 107 cm³/mol. The van der Waals surface area contributed by atoms with Gasteiger partial charge in [-0.15, -0.1) is 0 Å². The van der Waals surface area contributed by atoms with Crippen molar-refractivity contribution in [3.63, 3.8) is 0 Å². The van der Waals surface area contributed by atoms with Crippen LogP contribution < -0.4 is 4.72 Å². The van der Waals surface area contributed by atoms with Gasteiger partial charge in [0.1, 0.15) is 0 Å². The summed E-state index contributed by atoms with van der Waals surface area (Å²) < 4.78 is 26.7. The molecule has 0 unspecified atom stereocenters. The van der Waals surface area contributed by atoms with Crippen molar-refractivity contribution in [1.82, 2.24) is 9.71 Å². The Balaban J connectivity index is 1.65. The number of benzene rings is 2. The third kappa shape index (κ3) is 3.59. The van der Waals surface area contributed by atoms with Crippen LogP contribution in [0.2, 0.25) is 0 Å². The summed E-state index contributed by atoms with van der Waals surface area (Å²) in [7, 11) is -3.36. The Morgan fingerprint density at radius 2 is 1.88 bits per heavy atom. The first kappa shape index (κ1) is 17.1. The molecule has 0 amide bonds. The summed E-state index contributed by atoms with van der Waals surface area (Å²) in [6.07, 6.45) is 5.50. The summed E-state index contributed by atoms with van der Waals surface area (Å²) in [6.45, 7) is 4.07. The van der Waals surface area contributed by atoms with E-state index in [0.717, 1.165) is 40.6 Å². The van der Waals surface area contributed by atoms with Crippen LogP contribution in [0.25, 0.3) is 28.1 Å². The molecule has 1 fully saturated rings. The molecular formula is C21H22N2O2S. The van der Waals surface area contributed by atoms with E-state index in [1.165, 1.54) is 16.4 Å². The van der Waals surface area contributed by atoms with E-state index < -0.39 is 10.0 Å². The lowest BCUT2D eigenvalue weighted by atomic mass is 9.94. The molecule has 1 aliphatic carbocycles. The van der Waals surface area contributed by atoms with Gasteiger partial charge < -0.3 is 4.98 Å². The monoisotopic (exact) mass is 366 g/mol. The maximum atomic E-state index is 12.0. The fraction of sp³-hybridized carbons (Fsp3) is 0.238. The number of aromatic amines is 1. The van der Waals surface area contributed by atoms with Gasteiger partial charge in [0.15, 0.2) is 0 Å². The van der Waals surface area contributed by atoms with E-state index in [1.54, 1.807) is 6.08 Å². The van der Waals surface area contributed by atoms with Crippen molar-refractivity contribution in [3.05, 3.63) is 64.7 Å². The molecule has 0 radical (unpaired) electrons. The number of hydrogen-bond acceptors (Lipinski definition) is 2. The maximum Gasteiger partial charge on any atom is 0.233 e. The SMILES string of the molecule is Cc1cc(-c2ccc3[nH]ccc3c2)c(C)cc1C=CS(=O)(=O)NC1CC1. The highest BCUT2D eigenvalue weighted by atomic mass is 32.2. The summed E-state index contributed by atoms with van der Waals surface area (Å²) in [5.41, 5.74) is 6.56. The van der Waals surface area contributed by atoms with Crippen LogP contribution in [0.3, 0.4) is 0 Å². The molecule has 3 aromatic rings. The van der Waals surface area contributed by atoms with Gasteiger partial charge in [0.25, 0.3) is 0 Å². The minimum atomic E-state index is -3.36. The highest BCUT2D eigenvalue weighted by molar-refractivity contribution is 7.92. The van der Waals surface area contributed by atoms with Crippen LogP contribution in [0, 0.1) is 13.8 Å². The Morgan fingerprint density at radius 3 is 2.65 bits per heavy atom. The largest absolute Gasteiger partial charge is 0.361 e. The van der Waals surface area contributed by atoms with Crippen molar-refractivity contribution < 1.29 is 8.42 Å². The molecule has 1 heterocycles. The number of rotatable bonds is 5. The number of H-pyrrole nitrogens is 1. The number of hydrogen-bond donors (Lipinski definition) is 2. The lowest BCUT2D eigenvalue weighted by Gasteiger charge is -2.11. The molecule has 134 valence electrons. The first-order chi connectivity index (χ1) is 12.4. The highest BCUT2D eigenvalue weighted by Crippen LogP contribution is 2.29. The van der Waals surface area contributed by atoms with Gasteiger partial charge >= 0.3 is 0 Å². The van der Waals surface area contributed by atoms with E-state index in [-0.39, 0.29) is 6.04 Å². The first-order valence-electron chi connectivity index (χ1n) is 8.80. The Kier molecular flexibility index (Phi) is 4.21. The number of nitrogens with one attached hydrogen (secondary N) is 2. The standard InChI is InChI=1S/C21H22N2O2S/c1-14-12-20(17-3-6-21-18(13-17)7-9-22-21)15(2)11-16(14)8-10-26(24,25)23-19-4-5-19/h3,6-13,19,22-23H,4-5H2,1-2H3. The van der Waals surface area contributed by atoms with Crippen LogP contribution in [0.5, 0.6) is 0 Å². The van der Waals surface area contributed by atoms with Crippen LogP contribution in [0.1, 0.15) is 29.5 Å². The molecule has 1 aliphatic rings. The molecule has 1 saturated carbocycles. The average Bonchev–Trinajstić information content (AvgIpc) is 3.27. The van der Waals surface area contributed by atoms with Gasteiger partial charge in [0.2, 0.25) is 10.0 Å². The summed E-state index contributed by atoms with van der Waals surface area (Å²) in [4.78, 5) is 3.21. The molecule has 0 spiro atoms. The number of sulfonamides is 1. The normalized spacial score (nSPS) is 15.2. The minimum absolute atomic E-state index is 0.123. The fourth-order valence-electron chi connectivity index (χ4n) is 3.19. The van der Waals surface area contributed by atoms with Gasteiger partial charge in [0.05, 0.1) is 0 Å².